The summed E-state index contributed by atoms with van der Waals surface area (Å²) in [6.45, 7) is 4.13. The molecule has 0 amide bonds. The molecule has 0 N–H and O–H groups in total. The van der Waals surface area contributed by atoms with Crippen molar-refractivity contribution in [3.63, 3.8) is 0 Å². The Hall–Kier alpha value is -0.930. The molecule has 1 saturated heterocycles. The molecule has 3 nitrogen and oxygen atoms in total. The Balaban J connectivity index is 1.85. The zero-order valence-electron chi connectivity index (χ0n) is 8.40. The first-order chi connectivity index (χ1) is 6.84. The van der Waals surface area contributed by atoms with Crippen molar-refractivity contribution in [1.82, 2.24) is 4.98 Å². The van der Waals surface area contributed by atoms with Crippen LogP contribution in [0.25, 0.3) is 0 Å². The maximum absolute atomic E-state index is 5.66. The molecule has 0 radical (unpaired) electrons. The van der Waals surface area contributed by atoms with Gasteiger partial charge in [-0.05, 0) is 25.5 Å². The van der Waals surface area contributed by atoms with Crippen molar-refractivity contribution >= 4 is 0 Å². The average molecular weight is 193 g/mol. The van der Waals surface area contributed by atoms with Gasteiger partial charge in [0.15, 0.2) is 0 Å². The molecular weight excluding hydrogens is 178 g/mol. The van der Waals surface area contributed by atoms with Crippen LogP contribution >= 0.6 is 0 Å². The third-order valence-electron chi connectivity index (χ3n) is 2.30. The Morgan fingerprint density at radius 2 is 2.50 bits per heavy atom. The van der Waals surface area contributed by atoms with Gasteiger partial charge in [0.25, 0.3) is 0 Å². The molecule has 0 saturated carbocycles. The average Bonchev–Trinajstić information content (AvgIpc) is 2.67. The van der Waals surface area contributed by atoms with Gasteiger partial charge in [0.2, 0.25) is 0 Å². The first-order valence-electron chi connectivity index (χ1n) is 4.96. The summed E-state index contributed by atoms with van der Waals surface area (Å²) in [6.07, 6.45) is 1.27. The predicted octanol–water partition coefficient (Wildman–Crippen LogP) is 1.70. The Kier molecular flexibility index (Phi) is 3.11. The van der Waals surface area contributed by atoms with Crippen molar-refractivity contribution < 1.29 is 9.47 Å². The Labute approximate surface area is 84.1 Å². The van der Waals surface area contributed by atoms with Crippen LogP contribution in [0.4, 0.5) is 0 Å². The zero-order valence-corrected chi connectivity index (χ0v) is 8.40. The topological polar surface area (TPSA) is 31.4 Å². The van der Waals surface area contributed by atoms with E-state index in [2.05, 4.69) is 4.98 Å². The summed E-state index contributed by atoms with van der Waals surface area (Å²) in [5.41, 5.74) is 2.03. The Morgan fingerprint density at radius 1 is 1.57 bits per heavy atom. The van der Waals surface area contributed by atoms with Gasteiger partial charge in [-0.25, -0.2) is 0 Å². The van der Waals surface area contributed by atoms with E-state index in [1.165, 1.54) is 0 Å². The third kappa shape index (κ3) is 2.53. The van der Waals surface area contributed by atoms with Gasteiger partial charge in [0.05, 0.1) is 25.0 Å². The standard InChI is InChI=1S/C11H15NO2/c1-9-3-2-4-10(12-9)7-14-11-5-6-13-8-11/h2-4,11H,5-8H2,1H3/t11-/m0/s1. The monoisotopic (exact) mass is 193 g/mol. The second-order valence-electron chi connectivity index (χ2n) is 3.57. The lowest BCUT2D eigenvalue weighted by Crippen LogP contribution is -2.12. The van der Waals surface area contributed by atoms with Crippen LogP contribution in [0.15, 0.2) is 18.2 Å². The van der Waals surface area contributed by atoms with Crippen LogP contribution in [0.2, 0.25) is 0 Å². The lowest BCUT2D eigenvalue weighted by atomic mass is 10.3. The number of ether oxygens (including phenoxy) is 2. The Morgan fingerprint density at radius 3 is 3.21 bits per heavy atom. The fourth-order valence-corrected chi connectivity index (χ4v) is 1.53. The highest BCUT2D eigenvalue weighted by Crippen LogP contribution is 2.10. The fourth-order valence-electron chi connectivity index (χ4n) is 1.53. The molecule has 1 aromatic heterocycles. The zero-order chi connectivity index (χ0) is 9.80. The van der Waals surface area contributed by atoms with E-state index in [1.54, 1.807) is 0 Å². The maximum Gasteiger partial charge on any atom is 0.0892 e. The van der Waals surface area contributed by atoms with Crippen LogP contribution in [0, 0.1) is 6.92 Å². The third-order valence-corrected chi connectivity index (χ3v) is 2.30. The second-order valence-corrected chi connectivity index (χ2v) is 3.57. The molecule has 3 heteroatoms. The highest BCUT2D eigenvalue weighted by atomic mass is 16.5. The van der Waals surface area contributed by atoms with Gasteiger partial charge >= 0.3 is 0 Å². The lowest BCUT2D eigenvalue weighted by Gasteiger charge is -2.09. The van der Waals surface area contributed by atoms with Crippen LogP contribution in [-0.2, 0) is 16.1 Å². The van der Waals surface area contributed by atoms with E-state index in [9.17, 15) is 0 Å². The van der Waals surface area contributed by atoms with Crippen LogP contribution in [0.3, 0.4) is 0 Å². The first kappa shape index (κ1) is 9.62. The van der Waals surface area contributed by atoms with Crippen molar-refractivity contribution in [1.29, 1.82) is 0 Å². The van der Waals surface area contributed by atoms with Gasteiger partial charge in [0, 0.05) is 12.3 Å². The summed E-state index contributed by atoms with van der Waals surface area (Å²) >= 11 is 0. The van der Waals surface area contributed by atoms with Gasteiger partial charge in [-0.3, -0.25) is 4.98 Å². The smallest absolute Gasteiger partial charge is 0.0892 e. The van der Waals surface area contributed by atoms with E-state index in [0.29, 0.717) is 6.61 Å². The molecule has 0 bridgehead atoms. The maximum atomic E-state index is 5.66. The minimum atomic E-state index is 0.261. The first-order valence-corrected chi connectivity index (χ1v) is 4.96. The molecular formula is C11H15NO2. The molecule has 76 valence electrons. The summed E-state index contributed by atoms with van der Waals surface area (Å²) in [6, 6.07) is 5.98. The summed E-state index contributed by atoms with van der Waals surface area (Å²) in [5.74, 6) is 0. The molecule has 1 aliphatic heterocycles. The Bertz CT molecular complexity index is 295. The molecule has 14 heavy (non-hydrogen) atoms. The normalized spacial score (nSPS) is 21.4. The fraction of sp³-hybridized carbons (Fsp3) is 0.545. The summed E-state index contributed by atoms with van der Waals surface area (Å²) in [7, 11) is 0. The lowest BCUT2D eigenvalue weighted by molar-refractivity contribution is 0.0301. The van der Waals surface area contributed by atoms with Crippen molar-refractivity contribution in [3.05, 3.63) is 29.6 Å². The molecule has 0 unspecified atom stereocenters. The number of nitrogens with zero attached hydrogens (tertiary/aromatic N) is 1. The summed E-state index contributed by atoms with van der Waals surface area (Å²) in [5, 5.41) is 0. The molecule has 2 heterocycles. The molecule has 0 aliphatic carbocycles. The summed E-state index contributed by atoms with van der Waals surface area (Å²) in [4.78, 5) is 4.37. The van der Waals surface area contributed by atoms with E-state index >= 15 is 0 Å². The van der Waals surface area contributed by atoms with Crippen molar-refractivity contribution in [2.75, 3.05) is 13.2 Å². The van der Waals surface area contributed by atoms with E-state index < -0.39 is 0 Å². The largest absolute Gasteiger partial charge is 0.379 e. The summed E-state index contributed by atoms with van der Waals surface area (Å²) < 4.78 is 10.9. The quantitative estimate of drug-likeness (QED) is 0.732. The van der Waals surface area contributed by atoms with Crippen molar-refractivity contribution in [2.45, 2.75) is 26.1 Å². The van der Waals surface area contributed by atoms with Gasteiger partial charge in [-0.1, -0.05) is 6.07 Å². The van der Waals surface area contributed by atoms with Crippen LogP contribution in [0.1, 0.15) is 17.8 Å². The van der Waals surface area contributed by atoms with Crippen LogP contribution in [-0.4, -0.2) is 24.3 Å². The molecule has 1 fully saturated rings. The molecule has 2 rings (SSSR count). The van der Waals surface area contributed by atoms with Gasteiger partial charge in [-0.15, -0.1) is 0 Å². The number of aromatic nitrogens is 1. The number of hydrogen-bond donors (Lipinski definition) is 0. The highest BCUT2D eigenvalue weighted by molar-refractivity contribution is 5.08. The van der Waals surface area contributed by atoms with Crippen LogP contribution < -0.4 is 0 Å². The minimum absolute atomic E-state index is 0.261. The molecule has 1 aromatic rings. The predicted molar refractivity (Wildman–Crippen MR) is 53.0 cm³/mol. The number of hydrogen-bond acceptors (Lipinski definition) is 3. The molecule has 0 spiro atoms. The van der Waals surface area contributed by atoms with Gasteiger partial charge in [-0.2, -0.15) is 0 Å². The van der Waals surface area contributed by atoms with E-state index in [-0.39, 0.29) is 6.10 Å². The highest BCUT2D eigenvalue weighted by Gasteiger charge is 2.15. The number of aryl methyl sites for hydroxylation is 1. The van der Waals surface area contributed by atoms with Gasteiger partial charge in [0.1, 0.15) is 0 Å². The second kappa shape index (κ2) is 4.53. The minimum Gasteiger partial charge on any atom is -0.379 e. The van der Waals surface area contributed by atoms with E-state index in [0.717, 1.165) is 31.0 Å². The van der Waals surface area contributed by atoms with Crippen molar-refractivity contribution in [2.24, 2.45) is 0 Å². The SMILES string of the molecule is Cc1cccc(CO[C@H]2CCOC2)n1. The molecule has 1 aliphatic rings. The van der Waals surface area contributed by atoms with E-state index in [1.807, 2.05) is 25.1 Å². The van der Waals surface area contributed by atoms with Crippen molar-refractivity contribution in [3.8, 4) is 0 Å². The van der Waals surface area contributed by atoms with E-state index in [4.69, 9.17) is 9.47 Å². The number of pyridine rings is 1. The molecule has 0 aromatic carbocycles. The van der Waals surface area contributed by atoms with Crippen LogP contribution in [0.5, 0.6) is 0 Å². The van der Waals surface area contributed by atoms with Gasteiger partial charge < -0.3 is 9.47 Å². The molecule has 1 atom stereocenters. The number of rotatable bonds is 3.